The molecule has 4 rings (SSSR count). The molecule has 0 aliphatic carbocycles. The van der Waals surface area contributed by atoms with Crippen molar-refractivity contribution in [1.29, 1.82) is 0 Å². The van der Waals surface area contributed by atoms with E-state index in [9.17, 15) is 15.3 Å². The maximum absolute atomic E-state index is 10.9. The summed E-state index contributed by atoms with van der Waals surface area (Å²) in [6.45, 7) is 0.00539. The average Bonchev–Trinajstić information content (AvgIpc) is 2.75. The van der Waals surface area contributed by atoms with Crippen molar-refractivity contribution in [2.75, 3.05) is 13.2 Å². The van der Waals surface area contributed by atoms with Crippen molar-refractivity contribution >= 4 is 0 Å². The average molecular weight is 388 g/mol. The van der Waals surface area contributed by atoms with Crippen LogP contribution in [0.25, 0.3) is 0 Å². The number of rotatable bonds is 4. The van der Waals surface area contributed by atoms with Crippen molar-refractivity contribution < 1.29 is 34.3 Å². The second-order valence-corrected chi connectivity index (χ2v) is 6.98. The van der Waals surface area contributed by atoms with Crippen molar-refractivity contribution in [1.82, 2.24) is 0 Å². The summed E-state index contributed by atoms with van der Waals surface area (Å²) in [5.74, 6) is 0. The highest BCUT2D eigenvalue weighted by molar-refractivity contribution is 5.17. The van der Waals surface area contributed by atoms with E-state index in [1.807, 2.05) is 60.7 Å². The van der Waals surface area contributed by atoms with Crippen LogP contribution in [0.2, 0.25) is 0 Å². The zero-order valence-corrected chi connectivity index (χ0v) is 15.2. The number of hydrogen-bond acceptors (Lipinski definition) is 7. The lowest BCUT2D eigenvalue weighted by molar-refractivity contribution is -0.318. The predicted octanol–water partition coefficient (Wildman–Crippen LogP) is 1.30. The van der Waals surface area contributed by atoms with Crippen LogP contribution < -0.4 is 0 Å². The van der Waals surface area contributed by atoms with Gasteiger partial charge in [-0.05, 0) is 0 Å². The second kappa shape index (κ2) is 8.67. The van der Waals surface area contributed by atoms with E-state index >= 15 is 0 Å². The molecule has 0 spiro atoms. The molecule has 0 radical (unpaired) electrons. The molecule has 2 heterocycles. The van der Waals surface area contributed by atoms with E-state index < -0.39 is 43.1 Å². The molecule has 6 atom stereocenters. The first-order valence-corrected chi connectivity index (χ1v) is 9.31. The number of hydrogen-bond donors (Lipinski definition) is 3. The SMILES string of the molecule is OC1COC(c2ccccc2)OC1C(O)C1OC(c2ccccc2)OCC1O. The summed E-state index contributed by atoms with van der Waals surface area (Å²) >= 11 is 0. The topological polar surface area (TPSA) is 97.6 Å². The van der Waals surface area contributed by atoms with Crippen LogP contribution >= 0.6 is 0 Å². The molecule has 150 valence electrons. The fourth-order valence-corrected chi connectivity index (χ4v) is 3.48. The molecule has 2 aromatic carbocycles. The molecular weight excluding hydrogens is 364 g/mol. The van der Waals surface area contributed by atoms with Gasteiger partial charge in [0.25, 0.3) is 0 Å². The summed E-state index contributed by atoms with van der Waals surface area (Å²) in [4.78, 5) is 0. The Hall–Kier alpha value is -1.84. The molecule has 28 heavy (non-hydrogen) atoms. The summed E-state index contributed by atoms with van der Waals surface area (Å²) < 4.78 is 22.8. The third kappa shape index (κ3) is 4.11. The normalized spacial score (nSPS) is 34.7. The van der Waals surface area contributed by atoms with Gasteiger partial charge in [-0.15, -0.1) is 0 Å². The van der Waals surface area contributed by atoms with Crippen molar-refractivity contribution in [2.45, 2.75) is 43.1 Å². The van der Waals surface area contributed by atoms with Gasteiger partial charge in [0.2, 0.25) is 0 Å². The van der Waals surface area contributed by atoms with Gasteiger partial charge in [0.1, 0.15) is 30.5 Å². The van der Waals surface area contributed by atoms with Crippen LogP contribution in [0, 0.1) is 0 Å². The predicted molar refractivity (Wildman–Crippen MR) is 98.0 cm³/mol. The van der Waals surface area contributed by atoms with Crippen molar-refractivity contribution in [3.05, 3.63) is 71.8 Å². The number of benzene rings is 2. The monoisotopic (exact) mass is 388 g/mol. The summed E-state index contributed by atoms with van der Waals surface area (Å²) in [6.07, 6.45) is -6.76. The second-order valence-electron chi connectivity index (χ2n) is 6.98. The number of aliphatic hydroxyl groups excluding tert-OH is 3. The summed E-state index contributed by atoms with van der Waals surface area (Å²) in [6, 6.07) is 18.6. The van der Waals surface area contributed by atoms with Crippen LogP contribution in [0.4, 0.5) is 0 Å². The maximum Gasteiger partial charge on any atom is 0.184 e. The minimum Gasteiger partial charge on any atom is -0.388 e. The highest BCUT2D eigenvalue weighted by atomic mass is 16.7. The Kier molecular flexibility index (Phi) is 6.03. The molecule has 0 aromatic heterocycles. The van der Waals surface area contributed by atoms with Gasteiger partial charge in [-0.3, -0.25) is 0 Å². The van der Waals surface area contributed by atoms with Crippen LogP contribution in [-0.4, -0.2) is 59.1 Å². The van der Waals surface area contributed by atoms with E-state index in [0.717, 1.165) is 11.1 Å². The Labute approximate surface area is 163 Å². The van der Waals surface area contributed by atoms with E-state index in [-0.39, 0.29) is 13.2 Å². The van der Waals surface area contributed by atoms with Gasteiger partial charge in [0.05, 0.1) is 13.2 Å². The van der Waals surface area contributed by atoms with Crippen molar-refractivity contribution in [2.24, 2.45) is 0 Å². The molecule has 2 aliphatic heterocycles. The van der Waals surface area contributed by atoms with Gasteiger partial charge in [-0.25, -0.2) is 0 Å². The summed E-state index contributed by atoms with van der Waals surface area (Å²) in [5, 5.41) is 31.5. The van der Waals surface area contributed by atoms with E-state index in [2.05, 4.69) is 0 Å². The fourth-order valence-electron chi connectivity index (χ4n) is 3.48. The highest BCUT2D eigenvalue weighted by Crippen LogP contribution is 2.33. The van der Waals surface area contributed by atoms with Gasteiger partial charge in [0.15, 0.2) is 12.6 Å². The lowest BCUT2D eigenvalue weighted by Gasteiger charge is -2.42. The van der Waals surface area contributed by atoms with Crippen molar-refractivity contribution in [3.63, 3.8) is 0 Å². The molecule has 7 nitrogen and oxygen atoms in total. The number of ether oxygens (including phenoxy) is 4. The lowest BCUT2D eigenvalue weighted by atomic mass is 9.97. The van der Waals surface area contributed by atoms with Gasteiger partial charge >= 0.3 is 0 Å². The molecular formula is C21H24O7. The Morgan fingerprint density at radius 3 is 1.46 bits per heavy atom. The van der Waals surface area contributed by atoms with Gasteiger partial charge in [-0.2, -0.15) is 0 Å². The van der Waals surface area contributed by atoms with Gasteiger partial charge in [-0.1, -0.05) is 60.7 Å². The quantitative estimate of drug-likeness (QED) is 0.726. The van der Waals surface area contributed by atoms with Crippen molar-refractivity contribution in [3.8, 4) is 0 Å². The van der Waals surface area contributed by atoms with Crippen LogP contribution in [0.3, 0.4) is 0 Å². The number of aliphatic hydroxyl groups is 3. The van der Waals surface area contributed by atoms with Crippen LogP contribution in [0.15, 0.2) is 60.7 Å². The third-order valence-electron chi connectivity index (χ3n) is 4.97. The van der Waals surface area contributed by atoms with E-state index in [0.29, 0.717) is 0 Å². The van der Waals surface area contributed by atoms with E-state index in [1.54, 1.807) is 0 Å². The minimum atomic E-state index is -1.27. The molecule has 2 aliphatic rings. The minimum absolute atomic E-state index is 0.00270. The fraction of sp³-hybridized carbons (Fsp3) is 0.429. The molecule has 0 bridgehead atoms. The first-order chi connectivity index (χ1) is 13.6. The zero-order valence-electron chi connectivity index (χ0n) is 15.2. The smallest absolute Gasteiger partial charge is 0.184 e. The van der Waals surface area contributed by atoms with E-state index in [1.165, 1.54) is 0 Å². The molecule has 0 amide bonds. The standard InChI is InChI=1S/C21H24O7/c22-15-11-25-20(13-7-3-1-4-8-13)27-18(15)17(24)19-16(23)12-26-21(28-19)14-9-5-2-6-10-14/h1-10,15-24H,11-12H2. The molecule has 2 aromatic rings. The molecule has 6 unspecified atom stereocenters. The largest absolute Gasteiger partial charge is 0.388 e. The Bertz CT molecular complexity index is 677. The summed E-state index contributed by atoms with van der Waals surface area (Å²) in [7, 11) is 0. The van der Waals surface area contributed by atoms with Gasteiger partial charge in [0, 0.05) is 11.1 Å². The molecule has 2 fully saturated rings. The third-order valence-corrected chi connectivity index (χ3v) is 4.97. The van der Waals surface area contributed by atoms with Gasteiger partial charge < -0.3 is 34.3 Å². The highest BCUT2D eigenvalue weighted by Gasteiger charge is 2.45. The van der Waals surface area contributed by atoms with Crippen LogP contribution in [0.1, 0.15) is 23.7 Å². The zero-order chi connectivity index (χ0) is 19.5. The molecule has 0 saturated carbocycles. The van der Waals surface area contributed by atoms with E-state index in [4.69, 9.17) is 18.9 Å². The summed E-state index contributed by atoms with van der Waals surface area (Å²) in [5.41, 5.74) is 1.56. The Morgan fingerprint density at radius 1 is 0.679 bits per heavy atom. The maximum atomic E-state index is 10.9. The Balaban J connectivity index is 1.48. The lowest BCUT2D eigenvalue weighted by Crippen LogP contribution is -2.57. The molecule has 7 heteroatoms. The Morgan fingerprint density at radius 2 is 1.07 bits per heavy atom. The molecule has 3 N–H and O–H groups in total. The first kappa shape index (κ1) is 19.5. The first-order valence-electron chi connectivity index (χ1n) is 9.31. The van der Waals surface area contributed by atoms with Crippen LogP contribution in [0.5, 0.6) is 0 Å². The van der Waals surface area contributed by atoms with Crippen LogP contribution in [-0.2, 0) is 18.9 Å². The molecule has 2 saturated heterocycles.